The van der Waals surface area contributed by atoms with Gasteiger partial charge in [-0.2, -0.15) is 0 Å². The van der Waals surface area contributed by atoms with E-state index in [4.69, 9.17) is 24.0 Å². The molecule has 0 amide bonds. The Morgan fingerprint density at radius 1 is 1.17 bits per heavy atom. The molecule has 1 aromatic rings. The highest BCUT2D eigenvalue weighted by Gasteiger charge is 2.09. The summed E-state index contributed by atoms with van der Waals surface area (Å²) in [7, 11) is 0. The van der Waals surface area contributed by atoms with Crippen LogP contribution in [0, 0.1) is 44.0 Å². The normalized spacial score (nSPS) is 10.8. The van der Waals surface area contributed by atoms with Crippen LogP contribution in [0.2, 0.25) is 0 Å². The van der Waals surface area contributed by atoms with E-state index in [1.54, 1.807) is 0 Å². The highest BCUT2D eigenvalue weighted by Crippen LogP contribution is 2.27. The number of nitrogens with zero attached hydrogens (tertiary/aromatic N) is 1. The molecule has 0 heterocycles. The average Bonchev–Trinajstić information content (AvgIpc) is 2.58. The summed E-state index contributed by atoms with van der Waals surface area (Å²) in [5.74, 6) is 8.61. The summed E-state index contributed by atoms with van der Waals surface area (Å²) in [6, 6.07) is 6.06. The first-order chi connectivity index (χ1) is 11.7. The number of ether oxygens (including phenoxy) is 1. The van der Waals surface area contributed by atoms with Gasteiger partial charge in [-0.1, -0.05) is 36.8 Å². The van der Waals surface area contributed by atoms with Crippen molar-refractivity contribution in [2.45, 2.75) is 26.7 Å². The fourth-order valence-electron chi connectivity index (χ4n) is 2.51. The maximum atomic E-state index is 5.56. The van der Waals surface area contributed by atoms with Crippen LogP contribution in [-0.4, -0.2) is 31.1 Å². The predicted octanol–water partition coefficient (Wildman–Crippen LogP) is 3.76. The first kappa shape index (κ1) is 19.4. The summed E-state index contributed by atoms with van der Waals surface area (Å²) < 4.78 is 5.56. The number of allylic oxidation sites excluding steroid dienone is 1. The summed E-state index contributed by atoms with van der Waals surface area (Å²) in [5.41, 5.74) is 3.68. The monoisotopic (exact) mass is 319 g/mol. The zero-order valence-corrected chi connectivity index (χ0v) is 14.6. The Morgan fingerprint density at radius 3 is 2.46 bits per heavy atom. The molecular weight excluding hydrogens is 294 g/mol. The molecule has 0 unspecified atom stereocenters. The summed E-state index contributed by atoms with van der Waals surface area (Å²) in [5, 5.41) is 0. The third-order valence-corrected chi connectivity index (χ3v) is 3.65. The second-order valence-corrected chi connectivity index (χ2v) is 5.48. The van der Waals surface area contributed by atoms with Crippen LogP contribution in [0.4, 0.5) is 0 Å². The Hall–Kier alpha value is -2.60. The van der Waals surface area contributed by atoms with Crippen LogP contribution in [0.5, 0.6) is 5.75 Å². The van der Waals surface area contributed by atoms with Crippen molar-refractivity contribution in [2.24, 2.45) is 0 Å². The molecule has 0 spiro atoms. The Kier molecular flexibility index (Phi) is 8.93. The fourth-order valence-corrected chi connectivity index (χ4v) is 2.51. The minimum absolute atomic E-state index is 0.271. The number of benzene rings is 1. The van der Waals surface area contributed by atoms with Crippen LogP contribution in [-0.2, 0) is 0 Å². The molecule has 1 rings (SSSR count). The molecule has 124 valence electrons. The first-order valence-electron chi connectivity index (χ1n) is 8.11. The van der Waals surface area contributed by atoms with Crippen molar-refractivity contribution in [3.63, 3.8) is 0 Å². The highest BCUT2D eigenvalue weighted by molar-refractivity contribution is 5.69. The summed E-state index contributed by atoms with van der Waals surface area (Å²) in [6.07, 6.45) is 20.2. The van der Waals surface area contributed by atoms with Gasteiger partial charge >= 0.3 is 0 Å². The molecule has 1 aromatic carbocycles. The summed E-state index contributed by atoms with van der Waals surface area (Å²) in [4.78, 5) is 2.09. The Balaban J connectivity index is 2.96. The van der Waals surface area contributed by atoms with E-state index in [9.17, 15) is 0 Å². The lowest BCUT2D eigenvalue weighted by Crippen LogP contribution is -2.25. The second kappa shape index (κ2) is 11.0. The van der Waals surface area contributed by atoms with Crippen molar-refractivity contribution in [1.29, 1.82) is 0 Å². The molecule has 0 bridgehead atoms. The minimum atomic E-state index is 0.271. The number of aryl methyl sites for hydroxylation is 1. The SMILES string of the molecule is C#CCOc1ccc(C)c(/C(=C\CC)CCN(CC#C)CC#C)c1. The molecule has 0 saturated carbocycles. The van der Waals surface area contributed by atoms with E-state index in [1.807, 2.05) is 6.07 Å². The molecule has 0 radical (unpaired) electrons. The summed E-state index contributed by atoms with van der Waals surface area (Å²) >= 11 is 0. The maximum Gasteiger partial charge on any atom is 0.148 e. The van der Waals surface area contributed by atoms with Crippen LogP contribution in [0.25, 0.3) is 5.57 Å². The predicted molar refractivity (Wildman–Crippen MR) is 102 cm³/mol. The molecule has 0 fully saturated rings. The molecular formula is C22H25NO. The Labute approximate surface area is 146 Å². The second-order valence-electron chi connectivity index (χ2n) is 5.48. The smallest absolute Gasteiger partial charge is 0.148 e. The lowest BCUT2D eigenvalue weighted by atomic mass is 9.96. The van der Waals surface area contributed by atoms with Crippen molar-refractivity contribution < 1.29 is 4.74 Å². The average molecular weight is 319 g/mol. The number of rotatable bonds is 9. The fraction of sp³-hybridized carbons (Fsp3) is 0.364. The van der Waals surface area contributed by atoms with E-state index in [0.717, 1.165) is 25.1 Å². The van der Waals surface area contributed by atoms with Gasteiger partial charge in [-0.25, -0.2) is 0 Å². The van der Waals surface area contributed by atoms with Crippen molar-refractivity contribution >= 4 is 5.57 Å². The van der Waals surface area contributed by atoms with E-state index in [1.165, 1.54) is 16.7 Å². The molecule has 0 aromatic heterocycles. The van der Waals surface area contributed by atoms with Gasteiger partial charge in [0.15, 0.2) is 0 Å². The van der Waals surface area contributed by atoms with Crippen molar-refractivity contribution in [2.75, 3.05) is 26.2 Å². The molecule has 2 nitrogen and oxygen atoms in total. The highest BCUT2D eigenvalue weighted by atomic mass is 16.5. The number of hydrogen-bond donors (Lipinski definition) is 0. The van der Waals surface area contributed by atoms with Crippen molar-refractivity contribution in [1.82, 2.24) is 4.90 Å². The molecule has 0 aliphatic heterocycles. The molecule has 24 heavy (non-hydrogen) atoms. The molecule has 0 saturated heterocycles. The Morgan fingerprint density at radius 2 is 1.88 bits per heavy atom. The van der Waals surface area contributed by atoms with Gasteiger partial charge in [-0.15, -0.1) is 19.3 Å². The largest absolute Gasteiger partial charge is 0.481 e. The van der Waals surface area contributed by atoms with E-state index < -0.39 is 0 Å². The number of hydrogen-bond acceptors (Lipinski definition) is 2. The van der Waals surface area contributed by atoms with E-state index >= 15 is 0 Å². The van der Waals surface area contributed by atoms with Gasteiger partial charge in [0.2, 0.25) is 0 Å². The third-order valence-electron chi connectivity index (χ3n) is 3.65. The maximum absolute atomic E-state index is 5.56. The molecule has 0 atom stereocenters. The zero-order valence-electron chi connectivity index (χ0n) is 14.6. The van der Waals surface area contributed by atoms with Crippen LogP contribution < -0.4 is 4.74 Å². The van der Waals surface area contributed by atoms with Gasteiger partial charge in [0.25, 0.3) is 0 Å². The topological polar surface area (TPSA) is 12.5 Å². The van der Waals surface area contributed by atoms with Crippen LogP contribution in [0.1, 0.15) is 30.9 Å². The molecule has 0 aliphatic carbocycles. The summed E-state index contributed by atoms with van der Waals surface area (Å²) in [6.45, 7) is 6.46. The van der Waals surface area contributed by atoms with Gasteiger partial charge < -0.3 is 4.74 Å². The van der Waals surface area contributed by atoms with Gasteiger partial charge in [0.1, 0.15) is 12.4 Å². The zero-order chi connectivity index (χ0) is 17.8. The van der Waals surface area contributed by atoms with Gasteiger partial charge in [0, 0.05) is 6.54 Å². The quantitative estimate of drug-likeness (QED) is 0.643. The van der Waals surface area contributed by atoms with E-state index in [0.29, 0.717) is 13.1 Å². The standard InChI is InChI=1S/C22H25NO/c1-6-10-20(13-16-23(14-7-2)15-8-3)22-18-21(24-17-9-4)12-11-19(22)5/h2-4,10-12,18H,6,13-17H2,1,5H3/b20-10-. The van der Waals surface area contributed by atoms with Crippen LogP contribution in [0.15, 0.2) is 24.3 Å². The molecule has 0 N–H and O–H groups in total. The lowest BCUT2D eigenvalue weighted by molar-refractivity contribution is 0.354. The molecule has 0 aliphatic rings. The van der Waals surface area contributed by atoms with Crippen LogP contribution >= 0.6 is 0 Å². The first-order valence-corrected chi connectivity index (χ1v) is 8.11. The van der Waals surface area contributed by atoms with Crippen molar-refractivity contribution in [3.05, 3.63) is 35.4 Å². The van der Waals surface area contributed by atoms with Crippen LogP contribution in [0.3, 0.4) is 0 Å². The Bertz CT molecular complexity index is 663. The van der Waals surface area contributed by atoms with Gasteiger partial charge in [0.05, 0.1) is 13.1 Å². The minimum Gasteiger partial charge on any atom is -0.481 e. The van der Waals surface area contributed by atoms with E-state index in [2.05, 4.69) is 54.7 Å². The van der Waals surface area contributed by atoms with E-state index in [-0.39, 0.29) is 6.61 Å². The van der Waals surface area contributed by atoms with Gasteiger partial charge in [-0.05, 0) is 48.6 Å². The van der Waals surface area contributed by atoms with Crippen molar-refractivity contribution in [3.8, 4) is 42.8 Å². The number of terminal acetylenes is 3. The molecule has 2 heteroatoms. The third kappa shape index (κ3) is 6.26. The lowest BCUT2D eigenvalue weighted by Gasteiger charge is -2.19. The van der Waals surface area contributed by atoms with Gasteiger partial charge in [-0.3, -0.25) is 4.90 Å².